The van der Waals surface area contributed by atoms with Crippen molar-refractivity contribution in [1.82, 2.24) is 4.98 Å². The van der Waals surface area contributed by atoms with Crippen molar-refractivity contribution in [2.75, 3.05) is 4.90 Å². The molecule has 0 aliphatic carbocycles. The van der Waals surface area contributed by atoms with E-state index in [0.29, 0.717) is 11.4 Å². The van der Waals surface area contributed by atoms with Gasteiger partial charge < -0.3 is 9.88 Å². The number of hydrogen-bond acceptors (Lipinski definition) is 2. The van der Waals surface area contributed by atoms with Crippen LogP contribution in [0.1, 0.15) is 40.4 Å². The SMILES string of the molecule is CC(=O)c1ccc(C(=O)N2c3ccccc3CC2C)[nH]1. The van der Waals surface area contributed by atoms with Crippen molar-refractivity contribution in [3.63, 3.8) is 0 Å². The number of rotatable bonds is 2. The van der Waals surface area contributed by atoms with Gasteiger partial charge in [-0.05, 0) is 37.1 Å². The van der Waals surface area contributed by atoms with Crippen LogP contribution in [0, 0.1) is 0 Å². The van der Waals surface area contributed by atoms with E-state index in [1.165, 1.54) is 12.5 Å². The fourth-order valence-corrected chi connectivity index (χ4v) is 2.73. The van der Waals surface area contributed by atoms with Gasteiger partial charge in [-0.3, -0.25) is 9.59 Å². The molecule has 102 valence electrons. The van der Waals surface area contributed by atoms with Crippen LogP contribution in [-0.4, -0.2) is 22.7 Å². The van der Waals surface area contributed by atoms with Gasteiger partial charge in [-0.2, -0.15) is 0 Å². The molecule has 1 aliphatic heterocycles. The summed E-state index contributed by atoms with van der Waals surface area (Å²) in [6.45, 7) is 3.51. The van der Waals surface area contributed by atoms with Gasteiger partial charge in [0.1, 0.15) is 5.69 Å². The summed E-state index contributed by atoms with van der Waals surface area (Å²) in [4.78, 5) is 28.6. The lowest BCUT2D eigenvalue weighted by Crippen LogP contribution is -2.35. The molecule has 1 aliphatic rings. The number of carbonyl (C=O) groups is 2. The molecular formula is C16H16N2O2. The Kier molecular flexibility index (Phi) is 2.93. The summed E-state index contributed by atoms with van der Waals surface area (Å²) in [6.07, 6.45) is 0.863. The third kappa shape index (κ3) is 1.93. The number of fused-ring (bicyclic) bond motifs is 1. The van der Waals surface area contributed by atoms with Gasteiger partial charge in [0.05, 0.1) is 5.69 Å². The topological polar surface area (TPSA) is 53.2 Å². The number of Topliss-reactive ketones (excluding diaryl/α,β-unsaturated/α-hetero) is 1. The monoisotopic (exact) mass is 268 g/mol. The fourth-order valence-electron chi connectivity index (χ4n) is 2.73. The number of anilines is 1. The van der Waals surface area contributed by atoms with Crippen LogP contribution in [0.25, 0.3) is 0 Å². The Bertz CT molecular complexity index is 687. The lowest BCUT2D eigenvalue weighted by atomic mass is 10.1. The summed E-state index contributed by atoms with van der Waals surface area (Å²) in [5.74, 6) is -0.158. The number of para-hydroxylation sites is 1. The van der Waals surface area contributed by atoms with Crippen LogP contribution < -0.4 is 4.90 Å². The minimum absolute atomic E-state index is 0.0704. The number of H-pyrrole nitrogens is 1. The Balaban J connectivity index is 1.96. The van der Waals surface area contributed by atoms with Gasteiger partial charge in [0, 0.05) is 18.7 Å². The van der Waals surface area contributed by atoms with E-state index < -0.39 is 0 Å². The molecule has 4 nitrogen and oxygen atoms in total. The van der Waals surface area contributed by atoms with E-state index in [1.54, 1.807) is 17.0 Å². The highest BCUT2D eigenvalue weighted by atomic mass is 16.2. The van der Waals surface area contributed by atoms with Crippen molar-refractivity contribution in [3.05, 3.63) is 53.3 Å². The minimum atomic E-state index is -0.0880. The number of nitrogens with one attached hydrogen (secondary N) is 1. The van der Waals surface area contributed by atoms with Gasteiger partial charge in [0.15, 0.2) is 5.78 Å². The molecule has 0 bridgehead atoms. The maximum atomic E-state index is 12.6. The average Bonchev–Trinajstić information content (AvgIpc) is 3.01. The zero-order chi connectivity index (χ0) is 14.3. The van der Waals surface area contributed by atoms with E-state index in [-0.39, 0.29) is 17.7 Å². The number of ketones is 1. The van der Waals surface area contributed by atoms with Gasteiger partial charge in [0.2, 0.25) is 0 Å². The standard InChI is InChI=1S/C16H16N2O2/c1-10-9-12-5-3-4-6-15(12)18(10)16(20)14-8-7-13(17-14)11(2)19/h3-8,10,17H,9H2,1-2H3. The Morgan fingerprint density at radius 3 is 2.55 bits per heavy atom. The van der Waals surface area contributed by atoms with E-state index >= 15 is 0 Å². The number of amides is 1. The van der Waals surface area contributed by atoms with Gasteiger partial charge >= 0.3 is 0 Å². The van der Waals surface area contributed by atoms with Crippen LogP contribution in [0.15, 0.2) is 36.4 Å². The van der Waals surface area contributed by atoms with Crippen LogP contribution >= 0.6 is 0 Å². The zero-order valence-electron chi connectivity index (χ0n) is 11.5. The fraction of sp³-hybridized carbons (Fsp3) is 0.250. The van der Waals surface area contributed by atoms with Crippen LogP contribution in [0.2, 0.25) is 0 Å². The van der Waals surface area contributed by atoms with Gasteiger partial charge in [-0.15, -0.1) is 0 Å². The van der Waals surface area contributed by atoms with Gasteiger partial charge in [-0.1, -0.05) is 18.2 Å². The number of nitrogens with zero attached hydrogens (tertiary/aromatic N) is 1. The van der Waals surface area contributed by atoms with Crippen LogP contribution in [0.4, 0.5) is 5.69 Å². The van der Waals surface area contributed by atoms with Crippen LogP contribution in [0.3, 0.4) is 0 Å². The van der Waals surface area contributed by atoms with E-state index in [1.807, 2.05) is 25.1 Å². The summed E-state index contributed by atoms with van der Waals surface area (Å²) in [5.41, 5.74) is 3.07. The molecule has 2 aromatic rings. The van der Waals surface area contributed by atoms with E-state index in [4.69, 9.17) is 0 Å². The highest BCUT2D eigenvalue weighted by molar-refractivity contribution is 6.07. The Labute approximate surface area is 117 Å². The Morgan fingerprint density at radius 2 is 1.85 bits per heavy atom. The van der Waals surface area contributed by atoms with Crippen molar-refractivity contribution >= 4 is 17.4 Å². The molecule has 1 aromatic heterocycles. The van der Waals surface area contributed by atoms with Gasteiger partial charge in [-0.25, -0.2) is 0 Å². The number of aromatic nitrogens is 1. The first-order chi connectivity index (χ1) is 9.58. The van der Waals surface area contributed by atoms with Crippen molar-refractivity contribution in [1.29, 1.82) is 0 Å². The molecule has 2 heterocycles. The highest BCUT2D eigenvalue weighted by Crippen LogP contribution is 2.32. The van der Waals surface area contributed by atoms with E-state index in [2.05, 4.69) is 11.1 Å². The molecule has 0 saturated carbocycles. The molecule has 0 radical (unpaired) electrons. The molecule has 1 atom stereocenters. The lowest BCUT2D eigenvalue weighted by Gasteiger charge is -2.22. The normalized spacial score (nSPS) is 17.1. The summed E-state index contributed by atoms with van der Waals surface area (Å²) < 4.78 is 0. The molecule has 0 fully saturated rings. The first-order valence-corrected chi connectivity index (χ1v) is 6.69. The molecule has 0 spiro atoms. The van der Waals surface area contributed by atoms with E-state index in [0.717, 1.165) is 12.1 Å². The van der Waals surface area contributed by atoms with Crippen molar-refractivity contribution in [2.24, 2.45) is 0 Å². The number of benzene rings is 1. The molecule has 1 N–H and O–H groups in total. The molecule has 1 aromatic carbocycles. The number of hydrogen-bond donors (Lipinski definition) is 1. The average molecular weight is 268 g/mol. The van der Waals surface area contributed by atoms with Crippen molar-refractivity contribution < 1.29 is 9.59 Å². The van der Waals surface area contributed by atoms with E-state index in [9.17, 15) is 9.59 Å². The molecule has 3 rings (SSSR count). The van der Waals surface area contributed by atoms with Crippen molar-refractivity contribution in [3.8, 4) is 0 Å². The first kappa shape index (κ1) is 12.7. The summed E-state index contributed by atoms with van der Waals surface area (Å²) in [6, 6.07) is 11.4. The summed E-state index contributed by atoms with van der Waals surface area (Å²) >= 11 is 0. The first-order valence-electron chi connectivity index (χ1n) is 6.69. The zero-order valence-corrected chi connectivity index (χ0v) is 11.5. The second kappa shape index (κ2) is 4.63. The molecule has 0 saturated heterocycles. The maximum absolute atomic E-state index is 12.6. The predicted molar refractivity (Wildman–Crippen MR) is 77.2 cm³/mol. The van der Waals surface area contributed by atoms with Crippen LogP contribution in [0.5, 0.6) is 0 Å². The third-order valence-electron chi connectivity index (χ3n) is 3.72. The van der Waals surface area contributed by atoms with Crippen molar-refractivity contribution in [2.45, 2.75) is 26.3 Å². The lowest BCUT2D eigenvalue weighted by molar-refractivity contribution is 0.0977. The number of aromatic amines is 1. The third-order valence-corrected chi connectivity index (χ3v) is 3.72. The Morgan fingerprint density at radius 1 is 1.15 bits per heavy atom. The Hall–Kier alpha value is -2.36. The highest BCUT2D eigenvalue weighted by Gasteiger charge is 2.31. The van der Waals surface area contributed by atoms with Gasteiger partial charge in [0.25, 0.3) is 5.91 Å². The second-order valence-electron chi connectivity index (χ2n) is 5.20. The molecule has 4 heteroatoms. The predicted octanol–water partition coefficient (Wildman–Crippen LogP) is 2.81. The number of carbonyl (C=O) groups excluding carboxylic acids is 2. The quantitative estimate of drug-likeness (QED) is 0.851. The molecular weight excluding hydrogens is 252 g/mol. The second-order valence-corrected chi connectivity index (χ2v) is 5.20. The maximum Gasteiger partial charge on any atom is 0.274 e. The minimum Gasteiger partial charge on any atom is -0.348 e. The summed E-state index contributed by atoms with van der Waals surface area (Å²) in [7, 11) is 0. The molecule has 1 amide bonds. The summed E-state index contributed by atoms with van der Waals surface area (Å²) in [5, 5.41) is 0. The largest absolute Gasteiger partial charge is 0.348 e. The smallest absolute Gasteiger partial charge is 0.274 e. The van der Waals surface area contributed by atoms with Crippen LogP contribution in [-0.2, 0) is 6.42 Å². The molecule has 20 heavy (non-hydrogen) atoms. The molecule has 1 unspecified atom stereocenters.